The van der Waals surface area contributed by atoms with E-state index in [0.717, 1.165) is 17.7 Å². The van der Waals surface area contributed by atoms with E-state index < -0.39 is 22.7 Å². The molecule has 1 heterocycles. The van der Waals surface area contributed by atoms with Crippen LogP contribution in [0.1, 0.15) is 23.2 Å². The first kappa shape index (κ1) is 23.1. The highest BCUT2D eigenvalue weighted by Crippen LogP contribution is 2.36. The molecule has 0 aliphatic heterocycles. The van der Waals surface area contributed by atoms with Crippen LogP contribution in [0.4, 0.5) is 18.9 Å². The number of hydrogen-bond acceptors (Lipinski definition) is 4. The molecule has 6 nitrogen and oxygen atoms in total. The van der Waals surface area contributed by atoms with E-state index in [2.05, 4.69) is 10.3 Å². The SMILES string of the molecule is N=C(N)c1cc(Oc2cccc(CCC(=O)Nc3ccc(Cl)c(C(F)(F)F)c3)c2)ccn1. The van der Waals surface area contributed by atoms with Crippen molar-refractivity contribution in [3.05, 3.63) is 82.6 Å². The molecule has 0 unspecified atom stereocenters. The van der Waals surface area contributed by atoms with Crippen LogP contribution in [0.15, 0.2) is 60.8 Å². The van der Waals surface area contributed by atoms with E-state index in [0.29, 0.717) is 17.9 Å². The topological polar surface area (TPSA) is 101 Å². The lowest BCUT2D eigenvalue weighted by Gasteiger charge is -2.12. The van der Waals surface area contributed by atoms with Gasteiger partial charge in [0.15, 0.2) is 0 Å². The van der Waals surface area contributed by atoms with Gasteiger partial charge in [-0.05, 0) is 48.4 Å². The zero-order valence-electron chi connectivity index (χ0n) is 16.5. The number of benzene rings is 2. The van der Waals surface area contributed by atoms with Gasteiger partial charge in [-0.1, -0.05) is 23.7 Å². The van der Waals surface area contributed by atoms with Crippen LogP contribution >= 0.6 is 11.6 Å². The van der Waals surface area contributed by atoms with E-state index in [1.54, 1.807) is 30.3 Å². The van der Waals surface area contributed by atoms with Gasteiger partial charge in [0.1, 0.15) is 23.0 Å². The van der Waals surface area contributed by atoms with E-state index in [1.165, 1.54) is 18.3 Å². The number of alkyl halides is 3. The van der Waals surface area contributed by atoms with Crippen LogP contribution in [0.3, 0.4) is 0 Å². The Bertz CT molecular complexity index is 1150. The number of amides is 1. The highest BCUT2D eigenvalue weighted by Gasteiger charge is 2.33. The third kappa shape index (κ3) is 6.21. The Morgan fingerprint density at radius 1 is 1.12 bits per heavy atom. The third-order valence-corrected chi connectivity index (χ3v) is 4.67. The van der Waals surface area contributed by atoms with Crippen molar-refractivity contribution in [3.63, 3.8) is 0 Å². The van der Waals surface area contributed by atoms with Gasteiger partial charge in [0.25, 0.3) is 0 Å². The molecular weight excluding hydrogens is 445 g/mol. The average Bonchev–Trinajstić information content (AvgIpc) is 2.73. The number of nitrogen functional groups attached to an aromatic ring is 1. The molecule has 10 heteroatoms. The molecule has 1 amide bonds. The fourth-order valence-corrected chi connectivity index (χ4v) is 3.05. The van der Waals surface area contributed by atoms with Gasteiger partial charge in [0.2, 0.25) is 5.91 Å². The quantitative estimate of drug-likeness (QED) is 0.323. The molecule has 0 spiro atoms. The number of hydrogen-bond donors (Lipinski definition) is 3. The van der Waals surface area contributed by atoms with Crippen molar-refractivity contribution >= 4 is 29.0 Å². The van der Waals surface area contributed by atoms with E-state index in [9.17, 15) is 18.0 Å². The maximum Gasteiger partial charge on any atom is 0.417 e. The summed E-state index contributed by atoms with van der Waals surface area (Å²) in [5.74, 6) is 0.338. The summed E-state index contributed by atoms with van der Waals surface area (Å²) in [6.07, 6.45) is -2.74. The highest BCUT2D eigenvalue weighted by atomic mass is 35.5. The predicted octanol–water partition coefficient (Wildman–Crippen LogP) is 5.40. The molecule has 0 aliphatic carbocycles. The van der Waals surface area contributed by atoms with Crippen molar-refractivity contribution in [3.8, 4) is 11.5 Å². The summed E-state index contributed by atoms with van der Waals surface area (Å²) in [4.78, 5) is 16.2. The Hall–Kier alpha value is -3.59. The van der Waals surface area contributed by atoms with Crippen molar-refractivity contribution in [2.75, 3.05) is 5.32 Å². The molecule has 0 aliphatic rings. The van der Waals surface area contributed by atoms with Crippen LogP contribution in [-0.2, 0) is 17.4 Å². The van der Waals surface area contributed by atoms with Gasteiger partial charge in [-0.25, -0.2) is 0 Å². The van der Waals surface area contributed by atoms with E-state index in [4.69, 9.17) is 27.5 Å². The van der Waals surface area contributed by atoms with Crippen molar-refractivity contribution in [2.24, 2.45) is 5.73 Å². The molecular formula is C22H18ClF3N4O2. The number of anilines is 1. The van der Waals surface area contributed by atoms with Crippen LogP contribution in [0.2, 0.25) is 5.02 Å². The number of carbonyl (C=O) groups excluding carboxylic acids is 1. The molecule has 0 saturated carbocycles. The van der Waals surface area contributed by atoms with Crippen LogP contribution < -0.4 is 15.8 Å². The molecule has 32 heavy (non-hydrogen) atoms. The van der Waals surface area contributed by atoms with Crippen molar-refractivity contribution < 1.29 is 22.7 Å². The Labute approximate surface area is 186 Å². The fourth-order valence-electron chi connectivity index (χ4n) is 2.82. The molecule has 0 radical (unpaired) electrons. The molecule has 4 N–H and O–H groups in total. The maximum absolute atomic E-state index is 13.0. The molecule has 1 aromatic heterocycles. The second kappa shape index (κ2) is 9.69. The second-order valence-electron chi connectivity index (χ2n) is 6.78. The van der Waals surface area contributed by atoms with Gasteiger partial charge in [-0.3, -0.25) is 15.2 Å². The van der Waals surface area contributed by atoms with Crippen LogP contribution in [0, 0.1) is 5.41 Å². The number of ether oxygens (including phenoxy) is 1. The number of nitrogens with one attached hydrogen (secondary N) is 2. The predicted molar refractivity (Wildman–Crippen MR) is 115 cm³/mol. The van der Waals surface area contributed by atoms with E-state index in [1.807, 2.05) is 0 Å². The standard InChI is InChI=1S/C22H18ClF3N4O2/c23-18-6-5-14(11-17(18)22(24,25)26)30-20(31)7-4-13-2-1-3-15(10-13)32-16-8-9-29-19(12-16)21(27)28/h1-3,5-6,8-12H,4,7H2,(H3,27,28)(H,30,31). The number of amidine groups is 1. The highest BCUT2D eigenvalue weighted by molar-refractivity contribution is 6.31. The molecule has 3 rings (SSSR count). The van der Waals surface area contributed by atoms with Gasteiger partial charge in [0, 0.05) is 24.4 Å². The number of rotatable bonds is 7. The first-order chi connectivity index (χ1) is 15.1. The Morgan fingerprint density at radius 3 is 2.59 bits per heavy atom. The van der Waals surface area contributed by atoms with Gasteiger partial charge in [-0.15, -0.1) is 0 Å². The molecule has 166 valence electrons. The van der Waals surface area contributed by atoms with Gasteiger partial charge < -0.3 is 15.8 Å². The summed E-state index contributed by atoms with van der Waals surface area (Å²) in [7, 11) is 0. The molecule has 0 bridgehead atoms. The summed E-state index contributed by atoms with van der Waals surface area (Å²) in [5.41, 5.74) is 5.51. The van der Waals surface area contributed by atoms with E-state index >= 15 is 0 Å². The summed E-state index contributed by atoms with van der Waals surface area (Å²) in [5, 5.41) is 9.46. The number of nitrogens with zero attached hydrogens (tertiary/aromatic N) is 1. The summed E-state index contributed by atoms with van der Waals surface area (Å²) in [6.45, 7) is 0. The normalized spacial score (nSPS) is 11.1. The van der Waals surface area contributed by atoms with Gasteiger partial charge in [0.05, 0.1) is 10.6 Å². The first-order valence-corrected chi connectivity index (χ1v) is 9.73. The molecule has 2 aromatic carbocycles. The maximum atomic E-state index is 13.0. The van der Waals surface area contributed by atoms with Crippen molar-refractivity contribution in [1.82, 2.24) is 4.98 Å². The Balaban J connectivity index is 1.61. The summed E-state index contributed by atoms with van der Waals surface area (Å²) in [6, 6.07) is 13.4. The largest absolute Gasteiger partial charge is 0.457 e. The van der Waals surface area contributed by atoms with Crippen molar-refractivity contribution in [1.29, 1.82) is 5.41 Å². The zero-order chi connectivity index (χ0) is 23.3. The Morgan fingerprint density at radius 2 is 1.88 bits per heavy atom. The summed E-state index contributed by atoms with van der Waals surface area (Å²) >= 11 is 5.59. The number of nitrogens with two attached hydrogens (primary N) is 1. The number of aryl methyl sites for hydroxylation is 1. The first-order valence-electron chi connectivity index (χ1n) is 9.35. The number of carbonyl (C=O) groups is 1. The lowest BCUT2D eigenvalue weighted by Crippen LogP contribution is -2.14. The van der Waals surface area contributed by atoms with Crippen LogP contribution in [-0.4, -0.2) is 16.7 Å². The minimum absolute atomic E-state index is 0.0165. The van der Waals surface area contributed by atoms with Crippen LogP contribution in [0.25, 0.3) is 0 Å². The smallest absolute Gasteiger partial charge is 0.417 e. The third-order valence-electron chi connectivity index (χ3n) is 4.34. The Kier molecular flexibility index (Phi) is 6.99. The second-order valence-corrected chi connectivity index (χ2v) is 7.19. The molecule has 3 aromatic rings. The van der Waals surface area contributed by atoms with Gasteiger partial charge in [-0.2, -0.15) is 13.2 Å². The number of pyridine rings is 1. The molecule has 0 fully saturated rings. The van der Waals surface area contributed by atoms with Crippen LogP contribution in [0.5, 0.6) is 11.5 Å². The summed E-state index contributed by atoms with van der Waals surface area (Å²) < 4.78 is 44.6. The lowest BCUT2D eigenvalue weighted by atomic mass is 10.1. The average molecular weight is 463 g/mol. The number of aromatic nitrogens is 1. The van der Waals surface area contributed by atoms with Crippen molar-refractivity contribution in [2.45, 2.75) is 19.0 Å². The number of halogens is 4. The van der Waals surface area contributed by atoms with Gasteiger partial charge >= 0.3 is 6.18 Å². The zero-order valence-corrected chi connectivity index (χ0v) is 17.3. The van der Waals surface area contributed by atoms with E-state index in [-0.39, 0.29) is 23.6 Å². The molecule has 0 saturated heterocycles. The monoisotopic (exact) mass is 462 g/mol. The lowest BCUT2D eigenvalue weighted by molar-refractivity contribution is -0.137. The molecule has 0 atom stereocenters. The minimum atomic E-state index is -4.61. The minimum Gasteiger partial charge on any atom is -0.457 e. The fraction of sp³-hybridized carbons (Fsp3) is 0.136.